The minimum Gasteiger partial charge on any atom is -0.493 e. The second kappa shape index (κ2) is 16.0. The molecule has 6 N–H and O–H groups in total. The van der Waals surface area contributed by atoms with Crippen LogP contribution >= 0.6 is 11.6 Å². The molecule has 2 aliphatic heterocycles. The van der Waals surface area contributed by atoms with E-state index in [0.29, 0.717) is 60.3 Å². The summed E-state index contributed by atoms with van der Waals surface area (Å²) in [5.41, 5.74) is 0.317. The van der Waals surface area contributed by atoms with Gasteiger partial charge in [0.25, 0.3) is 0 Å². The van der Waals surface area contributed by atoms with Crippen molar-refractivity contribution in [2.75, 3.05) is 57.4 Å². The Morgan fingerprint density at radius 1 is 1.09 bits per heavy atom. The lowest BCUT2D eigenvalue weighted by molar-refractivity contribution is -0.136. The highest BCUT2D eigenvalue weighted by Gasteiger charge is 2.43. The van der Waals surface area contributed by atoms with E-state index < -0.39 is 36.8 Å². The number of benzene rings is 1. The number of aliphatic hydroxyl groups excluding tert-OH is 5. The zero-order valence-corrected chi connectivity index (χ0v) is 26.6. The number of hydrogen-bond acceptors (Lipinski definition) is 11. The summed E-state index contributed by atoms with van der Waals surface area (Å²) in [5, 5.41) is 51.3. The summed E-state index contributed by atoms with van der Waals surface area (Å²) in [6.45, 7) is 3.07. The van der Waals surface area contributed by atoms with E-state index in [1.165, 1.54) is 12.5 Å². The molecular formula is C32H45ClFN5O7. The summed E-state index contributed by atoms with van der Waals surface area (Å²) in [6.07, 6.45) is 1.41. The number of carbonyl (C=O) groups excluding carboxylic acids is 1. The monoisotopic (exact) mass is 665 g/mol. The van der Waals surface area contributed by atoms with Gasteiger partial charge in [-0.25, -0.2) is 14.4 Å². The molecule has 1 amide bonds. The number of piperidine rings is 1. The van der Waals surface area contributed by atoms with Gasteiger partial charge in [0.2, 0.25) is 11.9 Å². The zero-order valence-electron chi connectivity index (χ0n) is 25.8. The number of halogens is 2. The fourth-order valence-corrected chi connectivity index (χ4v) is 6.66. The van der Waals surface area contributed by atoms with Crippen LogP contribution in [0.15, 0.2) is 30.6 Å². The number of rotatable bonds is 16. The number of nitrogens with one attached hydrogen (secondary N) is 1. The fraction of sp³-hybridized carbons (Fsp3) is 0.656. The first-order valence-corrected chi connectivity index (χ1v) is 16.5. The van der Waals surface area contributed by atoms with Crippen LogP contribution in [0.5, 0.6) is 5.75 Å². The summed E-state index contributed by atoms with van der Waals surface area (Å²) >= 11 is 5.90. The van der Waals surface area contributed by atoms with Crippen molar-refractivity contribution in [3.63, 3.8) is 0 Å². The third-order valence-corrected chi connectivity index (χ3v) is 9.75. The van der Waals surface area contributed by atoms with Gasteiger partial charge in [-0.3, -0.25) is 4.79 Å². The first kappa shape index (κ1) is 34.7. The van der Waals surface area contributed by atoms with Crippen molar-refractivity contribution >= 4 is 23.5 Å². The second-order valence-electron chi connectivity index (χ2n) is 12.9. The lowest BCUT2D eigenvalue weighted by Crippen LogP contribution is -2.55. The average molecular weight is 666 g/mol. The summed E-state index contributed by atoms with van der Waals surface area (Å²) in [6, 6.07) is 4.67. The van der Waals surface area contributed by atoms with Crippen LogP contribution in [0.1, 0.15) is 31.2 Å². The van der Waals surface area contributed by atoms with Gasteiger partial charge in [0, 0.05) is 51.3 Å². The summed E-state index contributed by atoms with van der Waals surface area (Å²) < 4.78 is 20.7. The van der Waals surface area contributed by atoms with Crippen LogP contribution in [-0.4, -0.2) is 123 Å². The minimum absolute atomic E-state index is 0.0386. The molecule has 3 fully saturated rings. The van der Waals surface area contributed by atoms with Gasteiger partial charge in [0.15, 0.2) is 0 Å². The largest absolute Gasteiger partial charge is 0.493 e. The number of anilines is 1. The van der Waals surface area contributed by atoms with Gasteiger partial charge in [0.05, 0.1) is 43.2 Å². The third-order valence-electron chi connectivity index (χ3n) is 9.56. The molecular weight excluding hydrogens is 621 g/mol. The Balaban J connectivity index is 0.943. The quantitative estimate of drug-likeness (QED) is 0.149. The van der Waals surface area contributed by atoms with Crippen molar-refractivity contribution in [2.24, 2.45) is 23.7 Å². The van der Waals surface area contributed by atoms with Gasteiger partial charge < -0.3 is 45.4 Å². The van der Waals surface area contributed by atoms with Crippen molar-refractivity contribution in [1.29, 1.82) is 0 Å². The molecule has 46 heavy (non-hydrogen) atoms. The van der Waals surface area contributed by atoms with Crippen molar-refractivity contribution in [1.82, 2.24) is 20.2 Å². The maximum Gasteiger partial charge on any atom is 0.227 e. The maximum atomic E-state index is 14.8. The molecule has 14 heteroatoms. The smallest absolute Gasteiger partial charge is 0.227 e. The highest BCUT2D eigenvalue weighted by atomic mass is 35.5. The van der Waals surface area contributed by atoms with Crippen molar-refractivity contribution < 1.29 is 39.5 Å². The van der Waals surface area contributed by atoms with Crippen LogP contribution in [0, 0.1) is 29.5 Å². The molecule has 12 nitrogen and oxygen atoms in total. The van der Waals surface area contributed by atoms with E-state index in [-0.39, 0.29) is 24.8 Å². The molecule has 1 aliphatic carbocycles. The van der Waals surface area contributed by atoms with Gasteiger partial charge in [-0.1, -0.05) is 17.7 Å². The van der Waals surface area contributed by atoms with E-state index in [4.69, 9.17) is 21.4 Å². The number of likely N-dealkylation sites (tertiary alicyclic amines) is 1. The molecule has 0 radical (unpaired) electrons. The molecule has 2 aromatic rings. The molecule has 0 unspecified atom stereocenters. The second-order valence-corrected chi connectivity index (χ2v) is 13.3. The molecule has 1 aromatic carbocycles. The fourth-order valence-electron chi connectivity index (χ4n) is 6.56. The average Bonchev–Trinajstić information content (AvgIpc) is 3.82. The number of carbonyl (C=O) groups is 1. The summed E-state index contributed by atoms with van der Waals surface area (Å²) in [4.78, 5) is 25.2. The molecule has 6 atom stereocenters. The van der Waals surface area contributed by atoms with Gasteiger partial charge in [-0.2, -0.15) is 0 Å². The Labute approximate surface area is 273 Å². The van der Waals surface area contributed by atoms with Gasteiger partial charge in [-0.15, -0.1) is 0 Å². The zero-order chi connectivity index (χ0) is 32.8. The summed E-state index contributed by atoms with van der Waals surface area (Å²) in [5.74, 6) is 2.73. The van der Waals surface area contributed by atoms with Crippen LogP contribution in [0.2, 0.25) is 5.02 Å². The van der Waals surface area contributed by atoms with E-state index in [1.54, 1.807) is 29.4 Å². The molecule has 0 spiro atoms. The number of ether oxygens (including phenoxy) is 1. The summed E-state index contributed by atoms with van der Waals surface area (Å²) in [7, 11) is 0. The van der Waals surface area contributed by atoms with Gasteiger partial charge >= 0.3 is 0 Å². The minimum atomic E-state index is -1.67. The lowest BCUT2D eigenvalue weighted by atomic mass is 9.90. The first-order chi connectivity index (χ1) is 22.1. The topological polar surface area (TPSA) is 172 Å². The lowest BCUT2D eigenvalue weighted by Gasteiger charge is -2.39. The maximum absolute atomic E-state index is 14.8. The van der Waals surface area contributed by atoms with Crippen LogP contribution in [0.4, 0.5) is 10.3 Å². The third kappa shape index (κ3) is 9.03. The first-order valence-electron chi connectivity index (χ1n) is 16.1. The number of aliphatic hydroxyl groups is 5. The van der Waals surface area contributed by atoms with Gasteiger partial charge in [0.1, 0.15) is 29.9 Å². The Morgan fingerprint density at radius 2 is 1.78 bits per heavy atom. The van der Waals surface area contributed by atoms with E-state index in [9.17, 15) is 29.6 Å². The standard InChI is InChI=1S/C32H45ClFN5O7/c33-23-13-36-32(37-14-23)38-6-3-20(4-7-38)25-9-21(25)5-8-46-24-2-1-22(26(34)11-24)10-29(43)39-16-19(17-39)12-35-15-27(41)30(44)31(45)28(42)18-40/h1-2,11,13-14,19-21,25,27-28,30-31,35,40-42,44-45H,3-10,12,15-18H2/t21-,25-,27+,28-,30-,31-/m1/s1. The highest BCUT2D eigenvalue weighted by molar-refractivity contribution is 6.30. The van der Waals surface area contributed by atoms with Crippen LogP contribution in [0.25, 0.3) is 0 Å². The predicted molar refractivity (Wildman–Crippen MR) is 168 cm³/mol. The Hall–Kier alpha value is -2.65. The Morgan fingerprint density at radius 3 is 2.46 bits per heavy atom. The van der Waals surface area contributed by atoms with Crippen LogP contribution < -0.4 is 15.0 Å². The molecule has 0 bridgehead atoms. The van der Waals surface area contributed by atoms with Crippen molar-refractivity contribution in [3.8, 4) is 5.75 Å². The van der Waals surface area contributed by atoms with Gasteiger partial charge in [-0.05, 0) is 55.1 Å². The number of amides is 1. The Bertz CT molecular complexity index is 1280. The van der Waals surface area contributed by atoms with E-state index >= 15 is 0 Å². The van der Waals surface area contributed by atoms with Crippen LogP contribution in [0.3, 0.4) is 0 Å². The van der Waals surface area contributed by atoms with E-state index in [0.717, 1.165) is 38.3 Å². The highest BCUT2D eigenvalue weighted by Crippen LogP contribution is 2.49. The Kier molecular flexibility index (Phi) is 12.0. The molecule has 3 heterocycles. The molecule has 1 aromatic heterocycles. The molecule has 5 rings (SSSR count). The molecule has 3 aliphatic rings. The van der Waals surface area contributed by atoms with Crippen molar-refractivity contribution in [3.05, 3.63) is 47.0 Å². The van der Waals surface area contributed by atoms with E-state index in [2.05, 4.69) is 20.2 Å². The number of aromatic nitrogens is 2. The SMILES string of the molecule is O=C(Cc1ccc(OCC[C@@H]2C[C@@H]2C2CCN(c3ncc(Cl)cn3)CC2)cc1F)N1CC(CNC[C@H](O)[C@@H](O)[C@H](O)[C@H](O)CO)C1. The molecule has 2 saturated heterocycles. The number of hydrogen-bond donors (Lipinski definition) is 6. The van der Waals surface area contributed by atoms with Crippen LogP contribution in [-0.2, 0) is 11.2 Å². The normalized spacial score (nSPS) is 23.0. The molecule has 1 saturated carbocycles. The number of nitrogens with zero attached hydrogens (tertiary/aromatic N) is 4. The molecule has 254 valence electrons. The van der Waals surface area contributed by atoms with E-state index in [1.807, 2.05) is 0 Å². The predicted octanol–water partition coefficient (Wildman–Crippen LogP) is 0.617. The van der Waals surface area contributed by atoms with Crippen molar-refractivity contribution in [2.45, 2.75) is 56.5 Å².